The van der Waals surface area contributed by atoms with Gasteiger partial charge >= 0.3 is 0 Å². The monoisotopic (exact) mass is 275 g/mol. The summed E-state index contributed by atoms with van der Waals surface area (Å²) < 4.78 is 5.88. The summed E-state index contributed by atoms with van der Waals surface area (Å²) in [5, 5.41) is 0. The molecule has 0 atom stereocenters. The van der Waals surface area contributed by atoms with Gasteiger partial charge in [-0.25, -0.2) is 0 Å². The van der Waals surface area contributed by atoms with Crippen molar-refractivity contribution in [1.29, 1.82) is 0 Å². The van der Waals surface area contributed by atoms with E-state index in [-0.39, 0.29) is 0 Å². The van der Waals surface area contributed by atoms with Gasteiger partial charge in [0.15, 0.2) is 0 Å². The van der Waals surface area contributed by atoms with Crippen molar-refractivity contribution in [2.45, 2.75) is 33.3 Å². The number of halogens is 1. The Morgan fingerprint density at radius 2 is 1.74 bits per heavy atom. The fraction of sp³-hybridized carbons (Fsp3) is 0.312. The maximum atomic E-state index is 5.91. The number of benzene rings is 1. The van der Waals surface area contributed by atoms with Crippen LogP contribution in [-0.2, 0) is 12.5 Å². The van der Waals surface area contributed by atoms with E-state index in [2.05, 4.69) is 37.0 Å². The summed E-state index contributed by atoms with van der Waals surface area (Å²) in [5.74, 6) is 1.13. The minimum atomic E-state index is 0.365. The van der Waals surface area contributed by atoms with Crippen LogP contribution in [0.3, 0.4) is 0 Å². The number of rotatable bonds is 4. The van der Waals surface area contributed by atoms with Gasteiger partial charge in [-0.1, -0.05) is 18.2 Å². The van der Waals surface area contributed by atoms with Crippen LogP contribution in [0.15, 0.2) is 30.3 Å². The van der Waals surface area contributed by atoms with Crippen LogP contribution < -0.4 is 4.74 Å². The lowest BCUT2D eigenvalue weighted by atomic mass is 10.0. The molecular weight excluding hydrogens is 258 g/mol. The molecule has 0 aliphatic carbocycles. The van der Waals surface area contributed by atoms with Gasteiger partial charge in [0.2, 0.25) is 0 Å². The van der Waals surface area contributed by atoms with Crippen LogP contribution in [-0.4, -0.2) is 4.98 Å². The van der Waals surface area contributed by atoms with Gasteiger partial charge in [0.1, 0.15) is 12.4 Å². The molecule has 0 N–H and O–H groups in total. The first kappa shape index (κ1) is 13.9. The SMILES string of the molecule is Cc1ccc(OCc2c(C)cccc2C)c(CCl)n1. The Morgan fingerprint density at radius 3 is 2.37 bits per heavy atom. The molecule has 0 amide bonds. The first-order valence-corrected chi connectivity index (χ1v) is 6.85. The number of ether oxygens (including phenoxy) is 1. The summed E-state index contributed by atoms with van der Waals surface area (Å²) in [6.07, 6.45) is 0. The molecule has 1 aromatic heterocycles. The summed E-state index contributed by atoms with van der Waals surface area (Å²) in [6, 6.07) is 10.1. The second-order valence-corrected chi connectivity index (χ2v) is 4.96. The van der Waals surface area contributed by atoms with Crippen molar-refractivity contribution in [2.75, 3.05) is 0 Å². The lowest BCUT2D eigenvalue weighted by molar-refractivity contribution is 0.300. The highest BCUT2D eigenvalue weighted by molar-refractivity contribution is 6.17. The van der Waals surface area contributed by atoms with Crippen molar-refractivity contribution < 1.29 is 4.74 Å². The molecule has 3 heteroatoms. The second-order valence-electron chi connectivity index (χ2n) is 4.69. The molecule has 1 heterocycles. The highest BCUT2D eigenvalue weighted by Crippen LogP contribution is 2.22. The van der Waals surface area contributed by atoms with Gasteiger partial charge in [0.25, 0.3) is 0 Å². The maximum absolute atomic E-state index is 5.91. The number of aryl methyl sites for hydroxylation is 3. The number of aromatic nitrogens is 1. The van der Waals surface area contributed by atoms with E-state index in [4.69, 9.17) is 16.3 Å². The Kier molecular flexibility index (Phi) is 4.43. The Balaban J connectivity index is 2.19. The normalized spacial score (nSPS) is 10.5. The molecule has 0 saturated heterocycles. The molecule has 0 unspecified atom stereocenters. The van der Waals surface area contributed by atoms with Crippen LogP contribution in [0.1, 0.15) is 28.1 Å². The summed E-state index contributed by atoms with van der Waals surface area (Å²) >= 11 is 5.91. The average Bonchev–Trinajstić information content (AvgIpc) is 2.39. The van der Waals surface area contributed by atoms with Gasteiger partial charge in [-0.15, -0.1) is 11.6 Å². The van der Waals surface area contributed by atoms with Crippen molar-refractivity contribution in [1.82, 2.24) is 4.98 Å². The summed E-state index contributed by atoms with van der Waals surface area (Å²) in [5.41, 5.74) is 5.46. The predicted octanol–water partition coefficient (Wildman–Crippen LogP) is 4.32. The molecular formula is C16H18ClNO. The molecule has 0 bridgehead atoms. The van der Waals surface area contributed by atoms with E-state index in [1.807, 2.05) is 19.1 Å². The maximum Gasteiger partial charge on any atom is 0.142 e. The molecule has 19 heavy (non-hydrogen) atoms. The second kappa shape index (κ2) is 6.07. The van der Waals surface area contributed by atoms with E-state index in [0.717, 1.165) is 17.1 Å². The molecule has 0 fully saturated rings. The molecule has 0 aliphatic rings. The zero-order valence-electron chi connectivity index (χ0n) is 11.5. The third-order valence-corrected chi connectivity index (χ3v) is 3.47. The fourth-order valence-corrected chi connectivity index (χ4v) is 2.24. The summed E-state index contributed by atoms with van der Waals surface area (Å²) in [4.78, 5) is 4.39. The van der Waals surface area contributed by atoms with Crippen LogP contribution in [0.5, 0.6) is 5.75 Å². The highest BCUT2D eigenvalue weighted by atomic mass is 35.5. The number of nitrogens with zero attached hydrogens (tertiary/aromatic N) is 1. The van der Waals surface area contributed by atoms with Gasteiger partial charge in [0, 0.05) is 5.69 Å². The highest BCUT2D eigenvalue weighted by Gasteiger charge is 2.07. The van der Waals surface area contributed by atoms with E-state index >= 15 is 0 Å². The minimum Gasteiger partial charge on any atom is -0.487 e. The smallest absolute Gasteiger partial charge is 0.142 e. The summed E-state index contributed by atoms with van der Waals surface area (Å²) in [6.45, 7) is 6.70. The van der Waals surface area contributed by atoms with Gasteiger partial charge in [-0.05, 0) is 49.6 Å². The Hall–Kier alpha value is -1.54. The molecule has 2 aromatic rings. The topological polar surface area (TPSA) is 22.1 Å². The molecule has 0 saturated carbocycles. The van der Waals surface area contributed by atoms with Crippen molar-refractivity contribution in [3.63, 3.8) is 0 Å². The third-order valence-electron chi connectivity index (χ3n) is 3.21. The number of pyridine rings is 1. The summed E-state index contributed by atoms with van der Waals surface area (Å²) in [7, 11) is 0. The van der Waals surface area contributed by atoms with Gasteiger partial charge in [-0.2, -0.15) is 0 Å². The Morgan fingerprint density at radius 1 is 1.05 bits per heavy atom. The first-order valence-electron chi connectivity index (χ1n) is 6.32. The standard InChI is InChI=1S/C16H18ClNO/c1-11-5-4-6-12(2)14(11)10-19-16-8-7-13(3)18-15(16)9-17/h4-8H,9-10H2,1-3H3. The lowest BCUT2D eigenvalue weighted by Crippen LogP contribution is -2.03. The molecule has 2 nitrogen and oxygen atoms in total. The van der Waals surface area contributed by atoms with Crippen molar-refractivity contribution in [3.05, 3.63) is 58.4 Å². The molecule has 0 spiro atoms. The Bertz CT molecular complexity index is 561. The van der Waals surface area contributed by atoms with Crippen molar-refractivity contribution in [2.24, 2.45) is 0 Å². The van der Waals surface area contributed by atoms with Crippen LogP contribution in [0.4, 0.5) is 0 Å². The van der Waals surface area contributed by atoms with Crippen LogP contribution in [0.25, 0.3) is 0 Å². The molecule has 2 rings (SSSR count). The quantitative estimate of drug-likeness (QED) is 0.775. The molecule has 1 aromatic carbocycles. The van der Waals surface area contributed by atoms with Gasteiger partial charge in [0.05, 0.1) is 11.6 Å². The molecule has 100 valence electrons. The van der Waals surface area contributed by atoms with Crippen LogP contribution in [0.2, 0.25) is 0 Å². The Labute approximate surface area is 119 Å². The van der Waals surface area contributed by atoms with E-state index in [9.17, 15) is 0 Å². The van der Waals surface area contributed by atoms with Crippen LogP contribution >= 0.6 is 11.6 Å². The van der Waals surface area contributed by atoms with Crippen molar-refractivity contribution >= 4 is 11.6 Å². The number of alkyl halides is 1. The third kappa shape index (κ3) is 3.27. The van der Waals surface area contributed by atoms with Crippen molar-refractivity contribution in [3.8, 4) is 5.75 Å². The average molecular weight is 276 g/mol. The zero-order valence-corrected chi connectivity index (χ0v) is 12.3. The lowest BCUT2D eigenvalue weighted by Gasteiger charge is -2.13. The first-order chi connectivity index (χ1) is 9.11. The fourth-order valence-electron chi connectivity index (χ4n) is 2.05. The van der Waals surface area contributed by atoms with E-state index in [1.54, 1.807) is 0 Å². The largest absolute Gasteiger partial charge is 0.487 e. The van der Waals surface area contributed by atoms with E-state index in [1.165, 1.54) is 16.7 Å². The van der Waals surface area contributed by atoms with E-state index in [0.29, 0.717) is 12.5 Å². The minimum absolute atomic E-state index is 0.365. The number of hydrogen-bond donors (Lipinski definition) is 0. The van der Waals surface area contributed by atoms with E-state index < -0.39 is 0 Å². The van der Waals surface area contributed by atoms with Gasteiger partial charge in [-0.3, -0.25) is 4.98 Å². The van der Waals surface area contributed by atoms with Gasteiger partial charge < -0.3 is 4.74 Å². The zero-order chi connectivity index (χ0) is 13.8. The molecule has 0 radical (unpaired) electrons. The molecule has 0 aliphatic heterocycles. The number of hydrogen-bond acceptors (Lipinski definition) is 2. The van der Waals surface area contributed by atoms with Crippen LogP contribution in [0, 0.1) is 20.8 Å². The predicted molar refractivity (Wildman–Crippen MR) is 78.8 cm³/mol.